The number of unbranched alkanes of at least 4 members (excludes halogenated alkanes) is 3. The first kappa shape index (κ1) is 17.8. The smallest absolute Gasteiger partial charge is 0.137 e. The molecule has 0 N–H and O–H groups in total. The molecule has 1 aromatic heterocycles. The molecule has 0 saturated carbocycles. The van der Waals surface area contributed by atoms with E-state index >= 15 is 0 Å². The highest BCUT2D eigenvalue weighted by Crippen LogP contribution is 2.23. The van der Waals surface area contributed by atoms with E-state index in [0.717, 1.165) is 25.2 Å². The number of hydrogen-bond acceptors (Lipinski definition) is 2. The van der Waals surface area contributed by atoms with E-state index in [4.69, 9.17) is 16.3 Å². The lowest BCUT2D eigenvalue weighted by Gasteiger charge is -2.07. The normalized spacial score (nSPS) is 9.95. The van der Waals surface area contributed by atoms with Gasteiger partial charge in [-0.3, -0.25) is 4.98 Å². The van der Waals surface area contributed by atoms with Gasteiger partial charge in [0.15, 0.2) is 0 Å². The molecule has 21 heavy (non-hydrogen) atoms. The number of benzene rings is 1. The molecule has 2 rings (SSSR count). The highest BCUT2D eigenvalue weighted by atomic mass is 35.5. The number of ether oxygens (including phenoxy) is 1. The van der Waals surface area contributed by atoms with Gasteiger partial charge in [0.05, 0.1) is 11.6 Å². The fourth-order valence-electron chi connectivity index (χ4n) is 2.08. The van der Waals surface area contributed by atoms with Crippen LogP contribution in [0.1, 0.15) is 31.2 Å². The van der Waals surface area contributed by atoms with Gasteiger partial charge in [0.1, 0.15) is 5.75 Å². The van der Waals surface area contributed by atoms with Gasteiger partial charge in [-0.15, -0.1) is 12.4 Å². The van der Waals surface area contributed by atoms with Crippen molar-refractivity contribution >= 4 is 24.0 Å². The van der Waals surface area contributed by atoms with Crippen LogP contribution >= 0.6 is 24.0 Å². The van der Waals surface area contributed by atoms with Gasteiger partial charge in [-0.05, 0) is 49.1 Å². The second kappa shape index (κ2) is 10.5. The minimum Gasteiger partial charge on any atom is -0.492 e. The molecule has 0 spiro atoms. The van der Waals surface area contributed by atoms with Gasteiger partial charge in [0, 0.05) is 12.4 Å². The molecule has 1 aromatic carbocycles. The van der Waals surface area contributed by atoms with E-state index in [1.165, 1.54) is 24.8 Å². The summed E-state index contributed by atoms with van der Waals surface area (Å²) in [6.45, 7) is 0.735. The molecular formula is C17H21Cl2NO. The topological polar surface area (TPSA) is 22.1 Å². The van der Waals surface area contributed by atoms with Crippen molar-refractivity contribution < 1.29 is 4.74 Å². The van der Waals surface area contributed by atoms with Crippen LogP contribution in [0.2, 0.25) is 5.02 Å². The molecule has 2 nitrogen and oxygen atoms in total. The fraction of sp³-hybridized carbons (Fsp3) is 0.353. The van der Waals surface area contributed by atoms with Crippen molar-refractivity contribution in [2.24, 2.45) is 0 Å². The zero-order valence-corrected chi connectivity index (χ0v) is 13.6. The molecule has 0 atom stereocenters. The Kier molecular flexibility index (Phi) is 8.88. The van der Waals surface area contributed by atoms with Crippen molar-refractivity contribution in [1.82, 2.24) is 4.98 Å². The second-order valence-corrected chi connectivity index (χ2v) is 5.21. The standard InChI is InChI=1S/C17H20ClNO.ClH/c18-16-8-4-5-9-17(16)20-14-6-2-1-3-7-15-10-12-19-13-11-15;/h4-5,8-13H,1-3,6-7,14H2;1H. The van der Waals surface area contributed by atoms with Gasteiger partial charge in [-0.25, -0.2) is 0 Å². The maximum absolute atomic E-state index is 6.02. The summed E-state index contributed by atoms with van der Waals surface area (Å²) in [7, 11) is 0. The molecule has 0 aliphatic rings. The van der Waals surface area contributed by atoms with E-state index in [1.54, 1.807) is 0 Å². The molecule has 0 saturated heterocycles. The Labute approximate surface area is 137 Å². The van der Waals surface area contributed by atoms with Gasteiger partial charge in [-0.2, -0.15) is 0 Å². The molecule has 4 heteroatoms. The number of hydrogen-bond donors (Lipinski definition) is 0. The average Bonchev–Trinajstić information content (AvgIpc) is 2.49. The molecule has 2 aromatic rings. The first-order valence-electron chi connectivity index (χ1n) is 7.12. The molecule has 0 aliphatic heterocycles. The Morgan fingerprint density at radius 1 is 0.905 bits per heavy atom. The third kappa shape index (κ3) is 6.83. The number of para-hydroxylation sites is 1. The fourth-order valence-corrected chi connectivity index (χ4v) is 2.27. The number of rotatable bonds is 8. The molecule has 0 radical (unpaired) electrons. The van der Waals surface area contributed by atoms with Crippen LogP contribution in [0.3, 0.4) is 0 Å². The number of halogens is 2. The second-order valence-electron chi connectivity index (χ2n) is 4.80. The maximum atomic E-state index is 6.02. The van der Waals surface area contributed by atoms with Crippen LogP contribution in [0.15, 0.2) is 48.8 Å². The quantitative estimate of drug-likeness (QED) is 0.611. The third-order valence-corrected chi connectivity index (χ3v) is 3.52. The Bertz CT molecular complexity index is 505. The molecule has 114 valence electrons. The summed E-state index contributed by atoms with van der Waals surface area (Å²) >= 11 is 6.02. The number of nitrogens with zero attached hydrogens (tertiary/aromatic N) is 1. The van der Waals surface area contributed by atoms with E-state index < -0.39 is 0 Å². The number of aryl methyl sites for hydroxylation is 1. The maximum Gasteiger partial charge on any atom is 0.137 e. The highest BCUT2D eigenvalue weighted by molar-refractivity contribution is 6.32. The van der Waals surface area contributed by atoms with E-state index in [0.29, 0.717) is 5.02 Å². The van der Waals surface area contributed by atoms with Crippen molar-refractivity contribution in [2.75, 3.05) is 6.61 Å². The van der Waals surface area contributed by atoms with Crippen molar-refractivity contribution in [1.29, 1.82) is 0 Å². The molecular weight excluding hydrogens is 305 g/mol. The zero-order valence-electron chi connectivity index (χ0n) is 12.0. The third-order valence-electron chi connectivity index (χ3n) is 3.20. The SMILES string of the molecule is Cl.Clc1ccccc1OCCCCCCc1ccncc1. The Hall–Kier alpha value is -1.25. The Morgan fingerprint density at radius 2 is 1.62 bits per heavy atom. The van der Waals surface area contributed by atoms with Crippen LogP contribution < -0.4 is 4.74 Å². The monoisotopic (exact) mass is 325 g/mol. The van der Waals surface area contributed by atoms with E-state index in [-0.39, 0.29) is 12.4 Å². The van der Waals surface area contributed by atoms with Crippen LogP contribution in [0.5, 0.6) is 5.75 Å². The van der Waals surface area contributed by atoms with Crippen molar-refractivity contribution in [3.05, 3.63) is 59.4 Å². The van der Waals surface area contributed by atoms with E-state index in [1.807, 2.05) is 36.7 Å². The summed E-state index contributed by atoms with van der Waals surface area (Å²) < 4.78 is 5.66. The van der Waals surface area contributed by atoms with Gasteiger partial charge < -0.3 is 4.74 Å². The lowest BCUT2D eigenvalue weighted by atomic mass is 10.1. The van der Waals surface area contributed by atoms with E-state index in [2.05, 4.69) is 17.1 Å². The summed E-state index contributed by atoms with van der Waals surface area (Å²) in [6, 6.07) is 11.8. The van der Waals surface area contributed by atoms with Crippen molar-refractivity contribution in [2.45, 2.75) is 32.1 Å². The first-order chi connectivity index (χ1) is 9.86. The summed E-state index contributed by atoms with van der Waals surface area (Å²) in [5, 5.41) is 0.685. The highest BCUT2D eigenvalue weighted by Gasteiger charge is 1.99. The first-order valence-corrected chi connectivity index (χ1v) is 7.50. The van der Waals surface area contributed by atoms with Gasteiger partial charge >= 0.3 is 0 Å². The summed E-state index contributed by atoms with van der Waals surface area (Å²) in [5.41, 5.74) is 1.37. The van der Waals surface area contributed by atoms with Gasteiger partial charge in [0.2, 0.25) is 0 Å². The van der Waals surface area contributed by atoms with Crippen LogP contribution in [0, 0.1) is 0 Å². The van der Waals surface area contributed by atoms with Crippen LogP contribution in [-0.4, -0.2) is 11.6 Å². The molecule has 0 aliphatic carbocycles. The van der Waals surface area contributed by atoms with Crippen LogP contribution in [0.25, 0.3) is 0 Å². The van der Waals surface area contributed by atoms with Crippen molar-refractivity contribution in [3.8, 4) is 5.75 Å². The van der Waals surface area contributed by atoms with Gasteiger partial charge in [0.25, 0.3) is 0 Å². The van der Waals surface area contributed by atoms with Crippen LogP contribution in [0.4, 0.5) is 0 Å². The molecule has 0 amide bonds. The molecule has 0 unspecified atom stereocenters. The lowest BCUT2D eigenvalue weighted by Crippen LogP contribution is -1.98. The Morgan fingerprint density at radius 3 is 2.38 bits per heavy atom. The average molecular weight is 326 g/mol. The number of pyridine rings is 1. The largest absolute Gasteiger partial charge is 0.492 e. The Balaban J connectivity index is 0.00000220. The zero-order chi connectivity index (χ0) is 14.0. The summed E-state index contributed by atoms with van der Waals surface area (Å²) in [4.78, 5) is 4.02. The van der Waals surface area contributed by atoms with Crippen molar-refractivity contribution in [3.63, 3.8) is 0 Å². The summed E-state index contributed by atoms with van der Waals surface area (Å²) in [6.07, 6.45) is 9.55. The number of aromatic nitrogens is 1. The lowest BCUT2D eigenvalue weighted by molar-refractivity contribution is 0.305. The summed E-state index contributed by atoms with van der Waals surface area (Å²) in [5.74, 6) is 0.783. The van der Waals surface area contributed by atoms with E-state index in [9.17, 15) is 0 Å². The predicted octanol–water partition coefficient (Wildman–Crippen LogP) is 5.34. The molecule has 0 fully saturated rings. The minimum atomic E-state index is 0. The molecule has 0 bridgehead atoms. The van der Waals surface area contributed by atoms with Crippen LogP contribution in [-0.2, 0) is 6.42 Å². The molecule has 1 heterocycles. The predicted molar refractivity (Wildman–Crippen MR) is 90.6 cm³/mol. The minimum absolute atomic E-state index is 0. The van der Waals surface area contributed by atoms with Gasteiger partial charge in [-0.1, -0.05) is 36.6 Å².